The maximum Gasteiger partial charge on any atom is 0.203 e. The smallest absolute Gasteiger partial charge is 0.203 e. The van der Waals surface area contributed by atoms with Gasteiger partial charge in [0.2, 0.25) is 5.75 Å². The van der Waals surface area contributed by atoms with Crippen LogP contribution in [0.2, 0.25) is 0 Å². The minimum Gasteiger partial charge on any atom is -0.504 e. The van der Waals surface area contributed by atoms with Gasteiger partial charge in [-0.1, -0.05) is 19.9 Å². The van der Waals surface area contributed by atoms with Crippen molar-refractivity contribution in [3.05, 3.63) is 47.8 Å². The highest BCUT2D eigenvalue weighted by Gasteiger charge is 2.17. The van der Waals surface area contributed by atoms with Crippen molar-refractivity contribution in [2.45, 2.75) is 27.2 Å². The van der Waals surface area contributed by atoms with Crippen LogP contribution in [0, 0.1) is 5.92 Å². The summed E-state index contributed by atoms with van der Waals surface area (Å²) in [5.41, 5.74) is 1.97. The molecule has 3 rings (SSSR count). The molecule has 0 amide bonds. The second kappa shape index (κ2) is 9.57. The van der Waals surface area contributed by atoms with E-state index in [4.69, 9.17) is 18.9 Å². The van der Waals surface area contributed by atoms with E-state index in [9.17, 15) is 5.11 Å². The highest BCUT2D eigenvalue weighted by atomic mass is 16.5. The minimum atomic E-state index is 0.108. The predicted molar refractivity (Wildman–Crippen MR) is 117 cm³/mol. The van der Waals surface area contributed by atoms with Crippen LogP contribution in [0.4, 0.5) is 0 Å². The van der Waals surface area contributed by atoms with Crippen molar-refractivity contribution in [2.24, 2.45) is 5.92 Å². The van der Waals surface area contributed by atoms with Crippen LogP contribution in [0.3, 0.4) is 0 Å². The molecule has 0 aliphatic rings. The van der Waals surface area contributed by atoms with Gasteiger partial charge in [0.1, 0.15) is 0 Å². The number of ether oxygens (including phenoxy) is 4. The molecule has 0 radical (unpaired) electrons. The van der Waals surface area contributed by atoms with E-state index < -0.39 is 0 Å². The molecular formula is C24H29NO5. The quantitative estimate of drug-likeness (QED) is 0.535. The number of pyridine rings is 1. The molecule has 2 aromatic carbocycles. The number of hydrogen-bond acceptors (Lipinski definition) is 6. The van der Waals surface area contributed by atoms with Gasteiger partial charge in [-0.05, 0) is 54.0 Å². The molecule has 0 aliphatic carbocycles. The Morgan fingerprint density at radius 1 is 0.933 bits per heavy atom. The minimum absolute atomic E-state index is 0.108. The number of hydrogen-bond donors (Lipinski definition) is 1. The Hall–Kier alpha value is -3.15. The lowest BCUT2D eigenvalue weighted by Gasteiger charge is -2.17. The van der Waals surface area contributed by atoms with Gasteiger partial charge in [0, 0.05) is 17.8 Å². The highest BCUT2D eigenvalue weighted by Crippen LogP contribution is 2.40. The first kappa shape index (κ1) is 21.6. The summed E-state index contributed by atoms with van der Waals surface area (Å²) in [4.78, 5) is 4.32. The van der Waals surface area contributed by atoms with Crippen molar-refractivity contribution in [2.75, 3.05) is 27.4 Å². The number of benzene rings is 2. The molecule has 3 aromatic rings. The van der Waals surface area contributed by atoms with Crippen molar-refractivity contribution >= 4 is 10.8 Å². The Balaban J connectivity index is 1.99. The maximum absolute atomic E-state index is 10.6. The van der Waals surface area contributed by atoms with Crippen LogP contribution in [0.15, 0.2) is 36.7 Å². The fourth-order valence-electron chi connectivity index (χ4n) is 3.33. The lowest BCUT2D eigenvalue weighted by atomic mass is 9.99. The number of aromatic nitrogens is 1. The summed E-state index contributed by atoms with van der Waals surface area (Å²) in [5.74, 6) is 2.80. The second-order valence-corrected chi connectivity index (χ2v) is 7.45. The molecule has 1 heterocycles. The summed E-state index contributed by atoms with van der Waals surface area (Å²) in [7, 11) is 3.24. The molecule has 0 unspecified atom stereocenters. The van der Waals surface area contributed by atoms with Gasteiger partial charge in [0.05, 0.1) is 27.4 Å². The van der Waals surface area contributed by atoms with Crippen molar-refractivity contribution in [1.82, 2.24) is 4.98 Å². The Bertz CT molecular complexity index is 991. The van der Waals surface area contributed by atoms with Gasteiger partial charge in [0.25, 0.3) is 0 Å². The molecule has 30 heavy (non-hydrogen) atoms. The van der Waals surface area contributed by atoms with Gasteiger partial charge in [-0.25, -0.2) is 0 Å². The molecule has 0 fully saturated rings. The molecule has 0 bridgehead atoms. The first-order valence-electron chi connectivity index (χ1n) is 10.1. The van der Waals surface area contributed by atoms with Crippen LogP contribution < -0.4 is 18.9 Å². The molecule has 0 atom stereocenters. The molecule has 0 spiro atoms. The van der Waals surface area contributed by atoms with E-state index in [0.717, 1.165) is 16.5 Å². The van der Waals surface area contributed by atoms with E-state index in [0.29, 0.717) is 53.9 Å². The van der Waals surface area contributed by atoms with Crippen LogP contribution in [0.25, 0.3) is 10.8 Å². The Morgan fingerprint density at radius 3 is 2.23 bits per heavy atom. The number of phenols is 1. The van der Waals surface area contributed by atoms with E-state index >= 15 is 0 Å². The van der Waals surface area contributed by atoms with Crippen LogP contribution >= 0.6 is 0 Å². The number of nitrogens with zero attached hydrogens (tertiary/aromatic N) is 1. The Labute approximate surface area is 177 Å². The summed E-state index contributed by atoms with van der Waals surface area (Å²) < 4.78 is 22.6. The average Bonchev–Trinajstić information content (AvgIpc) is 2.74. The third kappa shape index (κ3) is 4.53. The number of methoxy groups -OCH3 is 2. The monoisotopic (exact) mass is 411 g/mol. The van der Waals surface area contributed by atoms with Crippen LogP contribution in [-0.4, -0.2) is 37.5 Å². The zero-order valence-corrected chi connectivity index (χ0v) is 18.2. The maximum atomic E-state index is 10.6. The lowest BCUT2D eigenvalue weighted by Crippen LogP contribution is -2.07. The number of rotatable bonds is 9. The molecule has 6 heteroatoms. The van der Waals surface area contributed by atoms with Gasteiger partial charge in [0.15, 0.2) is 23.0 Å². The van der Waals surface area contributed by atoms with Gasteiger partial charge >= 0.3 is 0 Å². The topological polar surface area (TPSA) is 70.0 Å². The summed E-state index contributed by atoms with van der Waals surface area (Å²) in [6.07, 6.45) is 4.06. The summed E-state index contributed by atoms with van der Waals surface area (Å²) >= 11 is 0. The van der Waals surface area contributed by atoms with Crippen LogP contribution in [0.5, 0.6) is 28.7 Å². The van der Waals surface area contributed by atoms with Crippen molar-refractivity contribution in [1.29, 1.82) is 0 Å². The van der Waals surface area contributed by atoms with Crippen molar-refractivity contribution in [3.63, 3.8) is 0 Å². The number of fused-ring (bicyclic) bond motifs is 1. The molecule has 160 valence electrons. The standard InChI is InChI=1S/C24H29NO5/c1-6-29-20-8-7-18-17(12-25-13-19(18)23(20)26)9-16-10-21(27-4)24(22(11-16)28-5)30-14-15(2)3/h7-8,10-13,15,26H,6,9,14H2,1-5H3. The zero-order valence-electron chi connectivity index (χ0n) is 18.2. The Kier molecular flexibility index (Phi) is 6.87. The molecule has 0 saturated carbocycles. The van der Waals surface area contributed by atoms with Gasteiger partial charge < -0.3 is 24.1 Å². The SMILES string of the molecule is CCOc1ccc2c(Cc3cc(OC)c(OCC(C)C)c(OC)c3)cncc2c1O. The third-order valence-corrected chi connectivity index (χ3v) is 4.74. The van der Waals surface area contributed by atoms with E-state index in [1.54, 1.807) is 26.5 Å². The van der Waals surface area contributed by atoms with Gasteiger partial charge in [-0.3, -0.25) is 4.98 Å². The molecular weight excluding hydrogens is 382 g/mol. The molecule has 6 nitrogen and oxygen atoms in total. The Morgan fingerprint density at radius 2 is 1.63 bits per heavy atom. The molecule has 0 aliphatic heterocycles. The van der Waals surface area contributed by atoms with E-state index in [-0.39, 0.29) is 5.75 Å². The van der Waals surface area contributed by atoms with Crippen molar-refractivity contribution in [3.8, 4) is 28.7 Å². The fraction of sp³-hybridized carbons (Fsp3) is 0.375. The summed E-state index contributed by atoms with van der Waals surface area (Å²) in [5, 5.41) is 12.1. The van der Waals surface area contributed by atoms with E-state index in [1.165, 1.54) is 0 Å². The molecule has 0 saturated heterocycles. The predicted octanol–water partition coefficient (Wildman–Crippen LogP) is 4.98. The summed E-state index contributed by atoms with van der Waals surface area (Å²) in [6, 6.07) is 7.64. The van der Waals surface area contributed by atoms with E-state index in [1.807, 2.05) is 31.3 Å². The van der Waals surface area contributed by atoms with Gasteiger partial charge in [-0.15, -0.1) is 0 Å². The second-order valence-electron chi connectivity index (χ2n) is 7.45. The average molecular weight is 411 g/mol. The van der Waals surface area contributed by atoms with Crippen LogP contribution in [0.1, 0.15) is 31.9 Å². The molecule has 1 aromatic heterocycles. The zero-order chi connectivity index (χ0) is 21.7. The summed E-state index contributed by atoms with van der Waals surface area (Å²) in [6.45, 7) is 7.12. The number of aromatic hydroxyl groups is 1. The molecule has 1 N–H and O–H groups in total. The lowest BCUT2D eigenvalue weighted by molar-refractivity contribution is 0.243. The van der Waals surface area contributed by atoms with Crippen LogP contribution in [-0.2, 0) is 6.42 Å². The fourth-order valence-corrected chi connectivity index (χ4v) is 3.33. The number of phenolic OH excluding ortho intramolecular Hbond substituents is 1. The normalized spacial score (nSPS) is 11.0. The third-order valence-electron chi connectivity index (χ3n) is 4.74. The van der Waals surface area contributed by atoms with Gasteiger partial charge in [-0.2, -0.15) is 0 Å². The van der Waals surface area contributed by atoms with E-state index in [2.05, 4.69) is 18.8 Å². The highest BCUT2D eigenvalue weighted by molar-refractivity contribution is 5.92. The van der Waals surface area contributed by atoms with Crippen molar-refractivity contribution < 1.29 is 24.1 Å². The largest absolute Gasteiger partial charge is 0.504 e. The first-order chi connectivity index (χ1) is 14.5. The first-order valence-corrected chi connectivity index (χ1v) is 10.1.